The van der Waals surface area contributed by atoms with Gasteiger partial charge in [0.05, 0.1) is 13.2 Å². The minimum Gasteiger partial charge on any atom is -0.496 e. The lowest BCUT2D eigenvalue weighted by Gasteiger charge is -2.37. The van der Waals surface area contributed by atoms with Crippen molar-refractivity contribution in [2.75, 3.05) is 26.7 Å². The Bertz CT molecular complexity index is 694. The molecule has 1 N–H and O–H groups in total. The first-order chi connectivity index (χ1) is 11.2. The van der Waals surface area contributed by atoms with Gasteiger partial charge in [0, 0.05) is 30.8 Å². The van der Waals surface area contributed by atoms with Crippen LogP contribution in [0.5, 0.6) is 5.75 Å². The predicted molar refractivity (Wildman–Crippen MR) is 93.3 cm³/mol. The highest BCUT2D eigenvalue weighted by molar-refractivity contribution is 5.94. The fourth-order valence-electron chi connectivity index (χ4n) is 2.93. The van der Waals surface area contributed by atoms with Crippen molar-refractivity contribution in [2.45, 2.75) is 6.04 Å². The van der Waals surface area contributed by atoms with E-state index in [4.69, 9.17) is 4.74 Å². The van der Waals surface area contributed by atoms with E-state index in [2.05, 4.69) is 5.32 Å². The van der Waals surface area contributed by atoms with Gasteiger partial charge < -0.3 is 15.0 Å². The van der Waals surface area contributed by atoms with Crippen LogP contribution in [0.25, 0.3) is 0 Å². The number of benzene rings is 2. The topological polar surface area (TPSA) is 41.6 Å². The molecule has 0 bridgehead atoms. The number of nitrogens with zero attached hydrogens (tertiary/aromatic N) is 1. The Morgan fingerprint density at radius 1 is 1.21 bits per heavy atom. The lowest BCUT2D eigenvalue weighted by atomic mass is 10.0. The van der Waals surface area contributed by atoms with E-state index in [0.29, 0.717) is 18.7 Å². The second-order valence-electron chi connectivity index (χ2n) is 5.47. The number of para-hydroxylation sites is 1. The van der Waals surface area contributed by atoms with Gasteiger partial charge in [0.1, 0.15) is 11.6 Å². The first kappa shape index (κ1) is 18.2. The number of nitrogens with one attached hydrogen (secondary N) is 1. The van der Waals surface area contributed by atoms with Gasteiger partial charge in [-0.3, -0.25) is 4.79 Å². The number of carbonyl (C=O) groups is 1. The van der Waals surface area contributed by atoms with Crippen LogP contribution in [0.2, 0.25) is 0 Å². The fourth-order valence-corrected chi connectivity index (χ4v) is 2.93. The van der Waals surface area contributed by atoms with Gasteiger partial charge in [-0.1, -0.05) is 18.2 Å². The molecule has 1 amide bonds. The van der Waals surface area contributed by atoms with Gasteiger partial charge in [-0.15, -0.1) is 12.4 Å². The van der Waals surface area contributed by atoms with Gasteiger partial charge in [-0.2, -0.15) is 0 Å². The second kappa shape index (κ2) is 8.13. The average molecular weight is 351 g/mol. The van der Waals surface area contributed by atoms with Crippen molar-refractivity contribution in [1.29, 1.82) is 0 Å². The Kier molecular flexibility index (Phi) is 6.17. The molecular weight excluding hydrogens is 331 g/mol. The first-order valence-corrected chi connectivity index (χ1v) is 7.61. The minimum absolute atomic E-state index is 0. The third kappa shape index (κ3) is 3.68. The molecule has 1 atom stereocenters. The van der Waals surface area contributed by atoms with Gasteiger partial charge in [0.25, 0.3) is 5.91 Å². The van der Waals surface area contributed by atoms with Crippen LogP contribution in [0.3, 0.4) is 0 Å². The molecule has 1 unspecified atom stereocenters. The van der Waals surface area contributed by atoms with Crippen LogP contribution in [0.15, 0.2) is 48.5 Å². The van der Waals surface area contributed by atoms with E-state index in [9.17, 15) is 9.18 Å². The maximum atomic E-state index is 13.1. The predicted octanol–water partition coefficient (Wildman–Crippen LogP) is 3.04. The quantitative estimate of drug-likeness (QED) is 0.925. The number of ether oxygens (including phenoxy) is 1. The number of carbonyl (C=O) groups excluding carboxylic acids is 1. The average Bonchev–Trinajstić information content (AvgIpc) is 2.62. The van der Waals surface area contributed by atoms with E-state index in [0.717, 1.165) is 17.9 Å². The maximum Gasteiger partial charge on any atom is 0.254 e. The van der Waals surface area contributed by atoms with Gasteiger partial charge >= 0.3 is 0 Å². The SMILES string of the molecule is COc1ccccc1C1CNCCN1C(=O)c1ccc(F)cc1.Cl. The summed E-state index contributed by atoms with van der Waals surface area (Å²) >= 11 is 0. The summed E-state index contributed by atoms with van der Waals surface area (Å²) in [5, 5.41) is 3.32. The number of methoxy groups -OCH3 is 1. The molecule has 128 valence electrons. The molecule has 0 aromatic heterocycles. The van der Waals surface area contributed by atoms with Gasteiger partial charge in [0.15, 0.2) is 0 Å². The lowest BCUT2D eigenvalue weighted by molar-refractivity contribution is 0.0631. The highest BCUT2D eigenvalue weighted by Gasteiger charge is 2.30. The molecule has 4 nitrogen and oxygen atoms in total. The molecule has 1 aliphatic heterocycles. The van der Waals surface area contributed by atoms with Crippen molar-refractivity contribution in [3.8, 4) is 5.75 Å². The lowest BCUT2D eigenvalue weighted by Crippen LogP contribution is -2.48. The zero-order chi connectivity index (χ0) is 16.2. The van der Waals surface area contributed by atoms with E-state index in [1.807, 2.05) is 29.2 Å². The molecular formula is C18H20ClFN2O2. The van der Waals surface area contributed by atoms with Crippen LogP contribution < -0.4 is 10.1 Å². The van der Waals surface area contributed by atoms with Crippen molar-refractivity contribution in [2.24, 2.45) is 0 Å². The second-order valence-corrected chi connectivity index (χ2v) is 5.47. The molecule has 0 spiro atoms. The van der Waals surface area contributed by atoms with E-state index in [1.165, 1.54) is 24.3 Å². The normalized spacial score (nSPS) is 17.1. The third-order valence-electron chi connectivity index (χ3n) is 4.09. The van der Waals surface area contributed by atoms with Crippen molar-refractivity contribution in [3.63, 3.8) is 0 Å². The van der Waals surface area contributed by atoms with E-state index in [1.54, 1.807) is 7.11 Å². The third-order valence-corrected chi connectivity index (χ3v) is 4.09. The Hall–Kier alpha value is -2.11. The molecule has 3 rings (SSSR count). The molecule has 0 radical (unpaired) electrons. The summed E-state index contributed by atoms with van der Waals surface area (Å²) in [4.78, 5) is 14.7. The fraction of sp³-hybridized carbons (Fsp3) is 0.278. The van der Waals surface area contributed by atoms with Crippen LogP contribution in [0.4, 0.5) is 4.39 Å². The first-order valence-electron chi connectivity index (χ1n) is 7.61. The molecule has 1 fully saturated rings. The Labute approximate surface area is 147 Å². The number of halogens is 2. The van der Waals surface area contributed by atoms with Crippen molar-refractivity contribution < 1.29 is 13.9 Å². The van der Waals surface area contributed by atoms with E-state index >= 15 is 0 Å². The zero-order valence-electron chi connectivity index (χ0n) is 13.4. The summed E-state index contributed by atoms with van der Waals surface area (Å²) in [6, 6.07) is 13.3. The van der Waals surface area contributed by atoms with Crippen LogP contribution in [0.1, 0.15) is 22.0 Å². The standard InChI is InChI=1S/C18H19FN2O2.ClH/c1-23-17-5-3-2-4-15(17)16-12-20-10-11-21(16)18(22)13-6-8-14(19)9-7-13;/h2-9,16,20H,10-12H2,1H3;1H. The maximum absolute atomic E-state index is 13.1. The molecule has 6 heteroatoms. The Morgan fingerprint density at radius 3 is 2.62 bits per heavy atom. The molecule has 24 heavy (non-hydrogen) atoms. The molecule has 0 saturated carbocycles. The van der Waals surface area contributed by atoms with Crippen molar-refractivity contribution >= 4 is 18.3 Å². The molecule has 1 aliphatic rings. The molecule has 0 aliphatic carbocycles. The van der Waals surface area contributed by atoms with Crippen molar-refractivity contribution in [1.82, 2.24) is 10.2 Å². The Morgan fingerprint density at radius 2 is 1.92 bits per heavy atom. The van der Waals surface area contributed by atoms with Crippen LogP contribution in [0, 0.1) is 5.82 Å². The number of amides is 1. The Balaban J connectivity index is 0.00000208. The van der Waals surface area contributed by atoms with Gasteiger partial charge in [0.2, 0.25) is 0 Å². The number of hydrogen-bond acceptors (Lipinski definition) is 3. The van der Waals surface area contributed by atoms with Crippen molar-refractivity contribution in [3.05, 3.63) is 65.5 Å². The van der Waals surface area contributed by atoms with Crippen LogP contribution in [-0.4, -0.2) is 37.6 Å². The smallest absolute Gasteiger partial charge is 0.254 e. The zero-order valence-corrected chi connectivity index (χ0v) is 14.2. The molecule has 1 heterocycles. The minimum atomic E-state index is -0.344. The molecule has 2 aromatic carbocycles. The largest absolute Gasteiger partial charge is 0.496 e. The summed E-state index contributed by atoms with van der Waals surface area (Å²) in [5.41, 5.74) is 1.46. The summed E-state index contributed by atoms with van der Waals surface area (Å²) in [6.45, 7) is 1.99. The highest BCUT2D eigenvalue weighted by Crippen LogP contribution is 2.31. The van der Waals surface area contributed by atoms with E-state index < -0.39 is 0 Å². The summed E-state index contributed by atoms with van der Waals surface area (Å²) in [7, 11) is 1.63. The summed E-state index contributed by atoms with van der Waals surface area (Å²) in [5.74, 6) is 0.323. The van der Waals surface area contributed by atoms with Gasteiger partial charge in [-0.05, 0) is 30.3 Å². The summed E-state index contributed by atoms with van der Waals surface area (Å²) in [6.07, 6.45) is 0. The number of piperazine rings is 1. The van der Waals surface area contributed by atoms with E-state index in [-0.39, 0.29) is 30.2 Å². The van der Waals surface area contributed by atoms with Gasteiger partial charge in [-0.25, -0.2) is 4.39 Å². The highest BCUT2D eigenvalue weighted by atomic mass is 35.5. The van der Waals surface area contributed by atoms with Crippen LogP contribution >= 0.6 is 12.4 Å². The number of rotatable bonds is 3. The molecule has 2 aromatic rings. The van der Waals surface area contributed by atoms with Crippen LogP contribution in [-0.2, 0) is 0 Å². The number of hydrogen-bond donors (Lipinski definition) is 1. The molecule has 1 saturated heterocycles. The monoisotopic (exact) mass is 350 g/mol. The summed E-state index contributed by atoms with van der Waals surface area (Å²) < 4.78 is 18.5.